The van der Waals surface area contributed by atoms with E-state index in [4.69, 9.17) is 26.4 Å². The summed E-state index contributed by atoms with van der Waals surface area (Å²) in [6, 6.07) is 23.5. The van der Waals surface area contributed by atoms with Gasteiger partial charge in [-0.25, -0.2) is 0 Å². The molecule has 184 valence electrons. The van der Waals surface area contributed by atoms with Crippen LogP contribution in [-0.2, 0) is 0 Å². The molecule has 1 aliphatic rings. The summed E-state index contributed by atoms with van der Waals surface area (Å²) in [5.74, 6) is 2.26. The molecule has 2 aromatic heterocycles. The second-order valence-corrected chi connectivity index (χ2v) is 8.65. The Morgan fingerprint density at radius 1 is 0.944 bits per heavy atom. The first-order valence-corrected chi connectivity index (χ1v) is 12.2. The molecule has 3 heterocycles. The number of methoxy groups -OCH3 is 2. The zero-order chi connectivity index (χ0) is 25.1. The first-order valence-electron chi connectivity index (χ1n) is 11.8. The quantitative estimate of drug-likeness (QED) is 0.322. The van der Waals surface area contributed by atoms with Crippen molar-refractivity contribution in [2.75, 3.05) is 25.7 Å². The largest absolute Gasteiger partial charge is 0.497 e. The molecular formula is C28H28N4O3S. The van der Waals surface area contributed by atoms with E-state index in [1.165, 1.54) is 0 Å². The van der Waals surface area contributed by atoms with Crippen LogP contribution in [0.5, 0.6) is 17.2 Å². The lowest BCUT2D eigenvalue weighted by Crippen LogP contribution is -2.30. The van der Waals surface area contributed by atoms with Crippen molar-refractivity contribution in [2.45, 2.75) is 19.0 Å². The van der Waals surface area contributed by atoms with Gasteiger partial charge in [0.15, 0.2) is 5.11 Å². The zero-order valence-corrected chi connectivity index (χ0v) is 21.2. The van der Waals surface area contributed by atoms with Gasteiger partial charge in [0, 0.05) is 29.8 Å². The van der Waals surface area contributed by atoms with Gasteiger partial charge in [0.1, 0.15) is 23.3 Å². The molecule has 0 aliphatic carbocycles. The highest BCUT2D eigenvalue weighted by Gasteiger charge is 2.43. The van der Waals surface area contributed by atoms with Crippen LogP contribution < -0.4 is 24.4 Å². The van der Waals surface area contributed by atoms with Gasteiger partial charge in [0.2, 0.25) is 0 Å². The number of ether oxygens (including phenoxy) is 3. The average Bonchev–Trinajstić information content (AvgIpc) is 3.53. The Kier molecular flexibility index (Phi) is 6.77. The fourth-order valence-electron chi connectivity index (χ4n) is 4.64. The van der Waals surface area contributed by atoms with Gasteiger partial charge in [-0.15, -0.1) is 0 Å². The molecule has 5 rings (SSSR count). The van der Waals surface area contributed by atoms with Gasteiger partial charge in [0.05, 0.1) is 38.2 Å². The van der Waals surface area contributed by atoms with Crippen molar-refractivity contribution in [3.63, 3.8) is 0 Å². The minimum Gasteiger partial charge on any atom is -0.497 e. The summed E-state index contributed by atoms with van der Waals surface area (Å²) in [5, 5.41) is 4.10. The van der Waals surface area contributed by atoms with E-state index in [9.17, 15) is 0 Å². The molecule has 0 radical (unpaired) electrons. The van der Waals surface area contributed by atoms with Crippen LogP contribution in [0.25, 0.3) is 5.69 Å². The van der Waals surface area contributed by atoms with Crippen LogP contribution in [0.2, 0.25) is 0 Å². The van der Waals surface area contributed by atoms with Gasteiger partial charge in [-0.3, -0.25) is 4.98 Å². The third-order valence-electron chi connectivity index (χ3n) is 6.25. The van der Waals surface area contributed by atoms with E-state index in [0.717, 1.165) is 34.3 Å². The monoisotopic (exact) mass is 500 g/mol. The predicted molar refractivity (Wildman–Crippen MR) is 144 cm³/mol. The number of benzene rings is 2. The number of thiocarbonyl (C=S) groups is 1. The molecule has 36 heavy (non-hydrogen) atoms. The summed E-state index contributed by atoms with van der Waals surface area (Å²) in [7, 11) is 3.31. The Labute approximate surface area is 216 Å². The van der Waals surface area contributed by atoms with Gasteiger partial charge in [0.25, 0.3) is 0 Å². The van der Waals surface area contributed by atoms with Crippen LogP contribution in [0, 0.1) is 0 Å². The normalized spacial score (nSPS) is 17.1. The molecule has 7 nitrogen and oxygen atoms in total. The van der Waals surface area contributed by atoms with Crippen molar-refractivity contribution in [1.82, 2.24) is 14.9 Å². The number of nitrogens with zero attached hydrogens (tertiary/aromatic N) is 3. The second-order valence-electron chi connectivity index (χ2n) is 8.26. The zero-order valence-electron chi connectivity index (χ0n) is 20.4. The molecule has 2 aromatic carbocycles. The van der Waals surface area contributed by atoms with Crippen LogP contribution in [-0.4, -0.2) is 35.5 Å². The third-order valence-corrected chi connectivity index (χ3v) is 6.57. The molecular weight excluding hydrogens is 472 g/mol. The predicted octanol–water partition coefficient (Wildman–Crippen LogP) is 5.47. The molecule has 1 saturated heterocycles. The van der Waals surface area contributed by atoms with Crippen molar-refractivity contribution in [1.29, 1.82) is 0 Å². The molecule has 1 N–H and O–H groups in total. The Bertz CT molecular complexity index is 1340. The smallest absolute Gasteiger partial charge is 0.174 e. The number of hydrogen-bond acceptors (Lipinski definition) is 5. The number of aromatic nitrogens is 2. The topological polar surface area (TPSA) is 60.8 Å². The van der Waals surface area contributed by atoms with E-state index < -0.39 is 0 Å². The van der Waals surface area contributed by atoms with E-state index in [0.29, 0.717) is 17.5 Å². The van der Waals surface area contributed by atoms with Gasteiger partial charge in [-0.1, -0.05) is 6.07 Å². The Morgan fingerprint density at radius 2 is 1.75 bits per heavy atom. The van der Waals surface area contributed by atoms with E-state index in [2.05, 4.69) is 44.2 Å². The Balaban J connectivity index is 1.66. The average molecular weight is 501 g/mol. The van der Waals surface area contributed by atoms with Crippen molar-refractivity contribution in [2.24, 2.45) is 0 Å². The summed E-state index contributed by atoms with van der Waals surface area (Å²) >= 11 is 5.91. The van der Waals surface area contributed by atoms with Crippen LogP contribution in [0.1, 0.15) is 30.4 Å². The number of nitrogens with one attached hydrogen (secondary N) is 1. The molecule has 8 heteroatoms. The molecule has 2 atom stereocenters. The van der Waals surface area contributed by atoms with E-state index in [-0.39, 0.29) is 12.1 Å². The van der Waals surface area contributed by atoms with Crippen LogP contribution in [0.3, 0.4) is 0 Å². The lowest BCUT2D eigenvalue weighted by molar-refractivity contribution is 0.340. The van der Waals surface area contributed by atoms with E-state index in [1.54, 1.807) is 20.4 Å². The number of rotatable bonds is 8. The van der Waals surface area contributed by atoms with Crippen molar-refractivity contribution >= 4 is 23.0 Å². The number of hydrogen-bond donors (Lipinski definition) is 1. The van der Waals surface area contributed by atoms with Crippen molar-refractivity contribution in [3.05, 3.63) is 96.6 Å². The van der Waals surface area contributed by atoms with Crippen molar-refractivity contribution in [3.8, 4) is 22.9 Å². The summed E-state index contributed by atoms with van der Waals surface area (Å²) in [6.07, 6.45) is 3.86. The van der Waals surface area contributed by atoms with Gasteiger partial charge >= 0.3 is 0 Å². The standard InChI is InChI=1S/C28H28N4O3S/c1-4-35-20-12-10-19(11-13-20)31-17-7-9-23(31)27-26(22-8-5-6-16-29-22)30-28(36)32(27)24-18-21(33-2)14-15-25(24)34-3/h5-18,26-27H,4H2,1-3H3,(H,30,36). The Morgan fingerprint density at radius 3 is 2.44 bits per heavy atom. The highest BCUT2D eigenvalue weighted by Crippen LogP contribution is 2.46. The molecule has 4 aromatic rings. The maximum atomic E-state index is 5.91. The van der Waals surface area contributed by atoms with E-state index in [1.807, 2.05) is 61.5 Å². The van der Waals surface area contributed by atoms with Crippen LogP contribution in [0.4, 0.5) is 5.69 Å². The molecule has 0 spiro atoms. The van der Waals surface area contributed by atoms with Crippen molar-refractivity contribution < 1.29 is 14.2 Å². The maximum Gasteiger partial charge on any atom is 0.174 e. The minimum atomic E-state index is -0.213. The summed E-state index contributed by atoms with van der Waals surface area (Å²) in [6.45, 7) is 2.61. The molecule has 2 unspecified atom stereocenters. The fraction of sp³-hybridized carbons (Fsp3) is 0.214. The summed E-state index contributed by atoms with van der Waals surface area (Å²) in [4.78, 5) is 6.76. The first kappa shape index (κ1) is 23.7. The number of pyridine rings is 1. The summed E-state index contributed by atoms with van der Waals surface area (Å²) < 4.78 is 19.1. The lowest BCUT2D eigenvalue weighted by atomic mass is 10.0. The van der Waals surface area contributed by atoms with Crippen LogP contribution in [0.15, 0.2) is 85.2 Å². The summed E-state index contributed by atoms with van der Waals surface area (Å²) in [5.41, 5.74) is 3.78. The van der Waals surface area contributed by atoms with Gasteiger partial charge < -0.3 is 29.0 Å². The SMILES string of the molecule is CCOc1ccc(-n2cccc2C2C(c3ccccn3)NC(=S)N2c2cc(OC)ccc2OC)cc1. The third kappa shape index (κ3) is 4.35. The number of anilines is 1. The molecule has 0 bridgehead atoms. The van der Waals surface area contributed by atoms with E-state index >= 15 is 0 Å². The maximum absolute atomic E-state index is 5.91. The fourth-order valence-corrected chi connectivity index (χ4v) is 4.98. The molecule has 1 fully saturated rings. The molecule has 0 amide bonds. The Hall–Kier alpha value is -4.04. The van der Waals surface area contributed by atoms with Gasteiger partial charge in [-0.05, 0) is 79.8 Å². The molecule has 1 aliphatic heterocycles. The van der Waals surface area contributed by atoms with Gasteiger partial charge in [-0.2, -0.15) is 0 Å². The van der Waals surface area contributed by atoms with Crippen LogP contribution >= 0.6 is 12.2 Å². The highest BCUT2D eigenvalue weighted by atomic mass is 32.1. The molecule has 0 saturated carbocycles. The second kappa shape index (κ2) is 10.3. The highest BCUT2D eigenvalue weighted by molar-refractivity contribution is 7.80. The first-order chi connectivity index (χ1) is 17.6. The minimum absolute atomic E-state index is 0.189. The lowest BCUT2D eigenvalue weighted by Gasteiger charge is -2.30.